The maximum Gasteiger partial charge on any atom is 0.0506 e. The Hall–Kier alpha value is -1.60. The van der Waals surface area contributed by atoms with E-state index in [4.69, 9.17) is 4.74 Å². The minimum Gasteiger partial charge on any atom is -0.381 e. The Labute approximate surface area is 116 Å². The van der Waals surface area contributed by atoms with E-state index in [9.17, 15) is 0 Å². The molecule has 0 fully saturated rings. The van der Waals surface area contributed by atoms with E-state index >= 15 is 0 Å². The number of hydrogen-bond acceptors (Lipinski definition) is 1. The SMILES string of the molecule is Cc1ccccc1CCOCCc1ccccc1C. The predicted molar refractivity (Wildman–Crippen MR) is 80.6 cm³/mol. The summed E-state index contributed by atoms with van der Waals surface area (Å²) in [5.74, 6) is 0. The van der Waals surface area contributed by atoms with Crippen molar-refractivity contribution >= 4 is 0 Å². The highest BCUT2D eigenvalue weighted by Gasteiger charge is 1.99. The van der Waals surface area contributed by atoms with E-state index in [0.717, 1.165) is 26.1 Å². The van der Waals surface area contributed by atoms with Crippen LogP contribution in [0.4, 0.5) is 0 Å². The molecule has 0 aromatic heterocycles. The molecule has 1 nitrogen and oxygen atoms in total. The molecule has 0 amide bonds. The van der Waals surface area contributed by atoms with Crippen LogP contribution in [0.15, 0.2) is 48.5 Å². The standard InChI is InChI=1S/C18H22O/c1-15-7-3-5-9-17(15)11-13-19-14-12-18-10-6-4-8-16(18)2/h3-10H,11-14H2,1-2H3. The molecule has 0 spiro atoms. The fraction of sp³-hybridized carbons (Fsp3) is 0.333. The highest BCUT2D eigenvalue weighted by atomic mass is 16.5. The Morgan fingerprint density at radius 2 is 1.11 bits per heavy atom. The fourth-order valence-corrected chi connectivity index (χ4v) is 2.25. The molecule has 0 radical (unpaired) electrons. The van der Waals surface area contributed by atoms with Crippen molar-refractivity contribution in [3.05, 3.63) is 70.8 Å². The summed E-state index contributed by atoms with van der Waals surface area (Å²) < 4.78 is 5.75. The first-order valence-electron chi connectivity index (χ1n) is 6.94. The number of aryl methyl sites for hydroxylation is 2. The van der Waals surface area contributed by atoms with Gasteiger partial charge >= 0.3 is 0 Å². The summed E-state index contributed by atoms with van der Waals surface area (Å²) >= 11 is 0. The lowest BCUT2D eigenvalue weighted by Crippen LogP contribution is -2.04. The number of ether oxygens (including phenoxy) is 1. The predicted octanol–water partition coefficient (Wildman–Crippen LogP) is 4.11. The maximum absolute atomic E-state index is 5.75. The minimum absolute atomic E-state index is 0.802. The second kappa shape index (κ2) is 7.10. The lowest BCUT2D eigenvalue weighted by molar-refractivity contribution is 0.140. The van der Waals surface area contributed by atoms with E-state index < -0.39 is 0 Å². The summed E-state index contributed by atoms with van der Waals surface area (Å²) in [6, 6.07) is 17.0. The van der Waals surface area contributed by atoms with Crippen LogP contribution in [-0.2, 0) is 17.6 Å². The van der Waals surface area contributed by atoms with E-state index in [0.29, 0.717) is 0 Å². The molecule has 2 aromatic rings. The second-order valence-corrected chi connectivity index (χ2v) is 4.97. The summed E-state index contributed by atoms with van der Waals surface area (Å²) in [6.07, 6.45) is 2.00. The van der Waals surface area contributed by atoms with Crippen LogP contribution in [0.2, 0.25) is 0 Å². The maximum atomic E-state index is 5.75. The van der Waals surface area contributed by atoms with Crippen molar-refractivity contribution in [2.75, 3.05) is 13.2 Å². The summed E-state index contributed by atoms with van der Waals surface area (Å²) in [5.41, 5.74) is 5.48. The third-order valence-electron chi connectivity index (χ3n) is 3.55. The van der Waals surface area contributed by atoms with E-state index in [1.54, 1.807) is 0 Å². The number of benzene rings is 2. The lowest BCUT2D eigenvalue weighted by Gasteiger charge is -2.08. The molecule has 0 atom stereocenters. The molecule has 0 saturated heterocycles. The molecule has 0 N–H and O–H groups in total. The Morgan fingerprint density at radius 1 is 0.684 bits per heavy atom. The first-order chi connectivity index (χ1) is 9.27. The van der Waals surface area contributed by atoms with Crippen molar-refractivity contribution in [2.24, 2.45) is 0 Å². The highest BCUT2D eigenvalue weighted by molar-refractivity contribution is 5.26. The Morgan fingerprint density at radius 3 is 1.53 bits per heavy atom. The molecule has 0 bridgehead atoms. The van der Waals surface area contributed by atoms with Gasteiger partial charge in [0, 0.05) is 0 Å². The van der Waals surface area contributed by atoms with Crippen molar-refractivity contribution in [3.8, 4) is 0 Å². The zero-order valence-corrected chi connectivity index (χ0v) is 11.9. The van der Waals surface area contributed by atoms with E-state index in [1.165, 1.54) is 22.3 Å². The molecule has 2 aromatic carbocycles. The van der Waals surface area contributed by atoms with E-state index in [2.05, 4.69) is 62.4 Å². The van der Waals surface area contributed by atoms with Gasteiger partial charge in [-0.3, -0.25) is 0 Å². The van der Waals surface area contributed by atoms with Gasteiger partial charge < -0.3 is 4.74 Å². The summed E-state index contributed by atoms with van der Waals surface area (Å²) in [5, 5.41) is 0. The van der Waals surface area contributed by atoms with E-state index in [-0.39, 0.29) is 0 Å². The van der Waals surface area contributed by atoms with Gasteiger partial charge in [0.2, 0.25) is 0 Å². The van der Waals surface area contributed by atoms with Gasteiger partial charge in [0.1, 0.15) is 0 Å². The molecule has 0 aliphatic rings. The van der Waals surface area contributed by atoms with E-state index in [1.807, 2.05) is 0 Å². The normalized spacial score (nSPS) is 10.6. The van der Waals surface area contributed by atoms with Crippen LogP contribution in [0.1, 0.15) is 22.3 Å². The first kappa shape index (κ1) is 13.8. The molecule has 0 aliphatic heterocycles. The van der Waals surface area contributed by atoms with Crippen molar-refractivity contribution in [3.63, 3.8) is 0 Å². The molecule has 0 heterocycles. The fourth-order valence-electron chi connectivity index (χ4n) is 2.25. The van der Waals surface area contributed by atoms with Gasteiger partial charge in [-0.05, 0) is 48.9 Å². The largest absolute Gasteiger partial charge is 0.381 e. The lowest BCUT2D eigenvalue weighted by atomic mass is 10.1. The number of rotatable bonds is 6. The van der Waals surface area contributed by atoms with Crippen LogP contribution in [0.5, 0.6) is 0 Å². The smallest absolute Gasteiger partial charge is 0.0506 e. The average molecular weight is 254 g/mol. The van der Waals surface area contributed by atoms with Crippen LogP contribution < -0.4 is 0 Å². The molecule has 1 heteroatoms. The van der Waals surface area contributed by atoms with Crippen LogP contribution in [0.25, 0.3) is 0 Å². The van der Waals surface area contributed by atoms with Gasteiger partial charge in [0.05, 0.1) is 13.2 Å². The monoisotopic (exact) mass is 254 g/mol. The first-order valence-corrected chi connectivity index (χ1v) is 6.94. The van der Waals surface area contributed by atoms with Crippen molar-refractivity contribution in [1.29, 1.82) is 0 Å². The van der Waals surface area contributed by atoms with Crippen molar-refractivity contribution in [1.82, 2.24) is 0 Å². The van der Waals surface area contributed by atoms with Crippen molar-refractivity contribution in [2.45, 2.75) is 26.7 Å². The quantitative estimate of drug-likeness (QED) is 0.705. The molecule has 19 heavy (non-hydrogen) atoms. The summed E-state index contributed by atoms with van der Waals surface area (Å²) in [4.78, 5) is 0. The van der Waals surface area contributed by atoms with Crippen LogP contribution in [0.3, 0.4) is 0 Å². The molecular formula is C18H22O. The Kier molecular flexibility index (Phi) is 5.17. The molecule has 100 valence electrons. The molecular weight excluding hydrogens is 232 g/mol. The molecule has 0 unspecified atom stereocenters. The minimum atomic E-state index is 0.802. The van der Waals surface area contributed by atoms with Gasteiger partial charge in [0.25, 0.3) is 0 Å². The molecule has 0 saturated carbocycles. The molecule has 0 aliphatic carbocycles. The zero-order chi connectivity index (χ0) is 13.5. The Bertz CT molecular complexity index is 469. The molecule has 2 rings (SSSR count). The van der Waals surface area contributed by atoms with Crippen molar-refractivity contribution < 1.29 is 4.74 Å². The topological polar surface area (TPSA) is 9.23 Å². The van der Waals surface area contributed by atoms with Crippen LogP contribution in [-0.4, -0.2) is 13.2 Å². The number of hydrogen-bond donors (Lipinski definition) is 0. The van der Waals surface area contributed by atoms with Gasteiger partial charge in [-0.2, -0.15) is 0 Å². The van der Waals surface area contributed by atoms with Gasteiger partial charge in [-0.25, -0.2) is 0 Å². The summed E-state index contributed by atoms with van der Waals surface area (Å²) in [7, 11) is 0. The third-order valence-corrected chi connectivity index (χ3v) is 3.55. The van der Waals surface area contributed by atoms with Gasteiger partial charge in [-0.1, -0.05) is 48.5 Å². The third kappa shape index (κ3) is 4.22. The Balaban J connectivity index is 1.71. The highest BCUT2D eigenvalue weighted by Crippen LogP contribution is 2.09. The average Bonchev–Trinajstić information content (AvgIpc) is 2.42. The zero-order valence-electron chi connectivity index (χ0n) is 11.9. The van der Waals surface area contributed by atoms with Crippen LogP contribution in [0, 0.1) is 13.8 Å². The van der Waals surface area contributed by atoms with Gasteiger partial charge in [-0.15, -0.1) is 0 Å². The van der Waals surface area contributed by atoms with Crippen LogP contribution >= 0.6 is 0 Å². The summed E-state index contributed by atoms with van der Waals surface area (Å²) in [6.45, 7) is 5.92. The second-order valence-electron chi connectivity index (χ2n) is 4.97. The van der Waals surface area contributed by atoms with Gasteiger partial charge in [0.15, 0.2) is 0 Å².